The molecular formula is C17H26N4O3. The standard InChI is InChI=1S/C17H26N4O3/c1-11(2)20-17(22)12-5-7-24-14-4-6-21(9-13(12)14)15-8-16(23-3)19-10-18-15/h8,10-14H,4-7,9H2,1-3H3,(H,20,22)/t12-,13+,14-/m0/s1. The smallest absolute Gasteiger partial charge is 0.223 e. The largest absolute Gasteiger partial charge is 0.481 e. The molecule has 1 N–H and O–H groups in total. The summed E-state index contributed by atoms with van der Waals surface area (Å²) in [6.07, 6.45) is 3.35. The third-order valence-electron chi connectivity index (χ3n) is 4.80. The molecular weight excluding hydrogens is 308 g/mol. The third-order valence-corrected chi connectivity index (χ3v) is 4.80. The van der Waals surface area contributed by atoms with Crippen LogP contribution in [0, 0.1) is 11.8 Å². The lowest BCUT2D eigenvalue weighted by molar-refractivity contribution is -0.137. The number of nitrogens with one attached hydrogen (secondary N) is 1. The highest BCUT2D eigenvalue weighted by atomic mass is 16.5. The molecule has 7 heteroatoms. The van der Waals surface area contributed by atoms with Crippen molar-refractivity contribution < 1.29 is 14.3 Å². The highest BCUT2D eigenvalue weighted by Crippen LogP contribution is 2.35. The van der Waals surface area contributed by atoms with Crippen LogP contribution in [-0.2, 0) is 9.53 Å². The van der Waals surface area contributed by atoms with Gasteiger partial charge in [0.15, 0.2) is 0 Å². The Kier molecular flexibility index (Phi) is 5.18. The van der Waals surface area contributed by atoms with E-state index in [0.717, 1.165) is 31.7 Å². The van der Waals surface area contributed by atoms with E-state index in [1.54, 1.807) is 7.11 Å². The predicted molar refractivity (Wildman–Crippen MR) is 90.0 cm³/mol. The van der Waals surface area contributed by atoms with Crippen LogP contribution < -0.4 is 15.0 Å². The van der Waals surface area contributed by atoms with Gasteiger partial charge in [0, 0.05) is 43.6 Å². The minimum absolute atomic E-state index is 0.00215. The fourth-order valence-electron chi connectivity index (χ4n) is 3.65. The summed E-state index contributed by atoms with van der Waals surface area (Å²) in [4.78, 5) is 23.2. The fourth-order valence-corrected chi connectivity index (χ4v) is 3.65. The van der Waals surface area contributed by atoms with E-state index >= 15 is 0 Å². The van der Waals surface area contributed by atoms with E-state index in [2.05, 4.69) is 20.2 Å². The molecule has 0 aromatic carbocycles. The van der Waals surface area contributed by atoms with Gasteiger partial charge in [-0.1, -0.05) is 0 Å². The number of carbonyl (C=O) groups excluding carboxylic acids is 1. The maximum absolute atomic E-state index is 12.6. The maximum Gasteiger partial charge on any atom is 0.223 e. The minimum atomic E-state index is -0.00215. The first-order valence-corrected chi connectivity index (χ1v) is 8.61. The van der Waals surface area contributed by atoms with Crippen molar-refractivity contribution in [2.45, 2.75) is 38.8 Å². The molecule has 1 aromatic heterocycles. The molecule has 2 fully saturated rings. The number of fused-ring (bicyclic) bond motifs is 1. The van der Waals surface area contributed by atoms with Gasteiger partial charge in [0.25, 0.3) is 0 Å². The minimum Gasteiger partial charge on any atom is -0.481 e. The second-order valence-corrected chi connectivity index (χ2v) is 6.78. The van der Waals surface area contributed by atoms with E-state index in [-0.39, 0.29) is 29.9 Å². The van der Waals surface area contributed by atoms with Crippen molar-refractivity contribution in [2.75, 3.05) is 31.7 Å². The Bertz CT molecular complexity index is 581. The van der Waals surface area contributed by atoms with Gasteiger partial charge in [-0.05, 0) is 26.7 Å². The Morgan fingerprint density at radius 2 is 2.25 bits per heavy atom. The number of hydrogen-bond donors (Lipinski definition) is 1. The molecule has 3 atom stereocenters. The average Bonchev–Trinajstić information content (AvgIpc) is 2.60. The normalized spacial score (nSPS) is 26.8. The fraction of sp³-hybridized carbons (Fsp3) is 0.706. The molecule has 3 heterocycles. The zero-order valence-electron chi connectivity index (χ0n) is 14.6. The number of aromatic nitrogens is 2. The number of carbonyl (C=O) groups is 1. The van der Waals surface area contributed by atoms with Crippen LogP contribution in [0.5, 0.6) is 5.88 Å². The van der Waals surface area contributed by atoms with Crippen molar-refractivity contribution in [3.8, 4) is 5.88 Å². The number of ether oxygens (including phenoxy) is 2. The van der Waals surface area contributed by atoms with E-state index in [0.29, 0.717) is 12.5 Å². The highest BCUT2D eigenvalue weighted by Gasteiger charge is 2.42. The van der Waals surface area contributed by atoms with Gasteiger partial charge in [0.2, 0.25) is 11.8 Å². The van der Waals surface area contributed by atoms with Gasteiger partial charge in [0.05, 0.1) is 13.2 Å². The number of anilines is 1. The Hall–Kier alpha value is -1.89. The number of hydrogen-bond acceptors (Lipinski definition) is 6. The number of methoxy groups -OCH3 is 1. The quantitative estimate of drug-likeness (QED) is 0.893. The molecule has 1 amide bonds. The summed E-state index contributed by atoms with van der Waals surface area (Å²) in [6.45, 7) is 6.28. The number of nitrogens with zero attached hydrogens (tertiary/aromatic N) is 3. The zero-order chi connectivity index (χ0) is 17.1. The van der Waals surface area contributed by atoms with Crippen LogP contribution in [0.4, 0.5) is 5.82 Å². The van der Waals surface area contributed by atoms with Crippen molar-refractivity contribution in [2.24, 2.45) is 11.8 Å². The summed E-state index contributed by atoms with van der Waals surface area (Å²) < 4.78 is 11.1. The summed E-state index contributed by atoms with van der Waals surface area (Å²) in [5, 5.41) is 3.06. The first-order chi connectivity index (χ1) is 11.6. The monoisotopic (exact) mass is 334 g/mol. The van der Waals surface area contributed by atoms with Crippen LogP contribution in [0.2, 0.25) is 0 Å². The van der Waals surface area contributed by atoms with Gasteiger partial charge < -0.3 is 19.7 Å². The first kappa shape index (κ1) is 17.0. The molecule has 1 aromatic rings. The van der Waals surface area contributed by atoms with E-state index in [1.807, 2.05) is 19.9 Å². The summed E-state index contributed by atoms with van der Waals surface area (Å²) in [5.74, 6) is 1.72. The number of rotatable bonds is 4. The lowest BCUT2D eigenvalue weighted by atomic mass is 9.79. The molecule has 0 saturated carbocycles. The molecule has 2 saturated heterocycles. The van der Waals surface area contributed by atoms with Crippen molar-refractivity contribution in [3.05, 3.63) is 12.4 Å². The molecule has 0 radical (unpaired) electrons. The average molecular weight is 334 g/mol. The molecule has 0 spiro atoms. The molecule has 7 nitrogen and oxygen atoms in total. The molecule has 0 aliphatic carbocycles. The lowest BCUT2D eigenvalue weighted by Crippen LogP contribution is -2.54. The Labute approximate surface area is 142 Å². The zero-order valence-corrected chi connectivity index (χ0v) is 14.6. The molecule has 3 rings (SSSR count). The summed E-state index contributed by atoms with van der Waals surface area (Å²) in [7, 11) is 1.60. The third kappa shape index (κ3) is 3.61. The highest BCUT2D eigenvalue weighted by molar-refractivity contribution is 5.79. The molecule has 24 heavy (non-hydrogen) atoms. The number of piperidine rings is 1. The predicted octanol–water partition coefficient (Wildman–Crippen LogP) is 1.24. The van der Waals surface area contributed by atoms with Crippen molar-refractivity contribution in [3.63, 3.8) is 0 Å². The first-order valence-electron chi connectivity index (χ1n) is 8.61. The molecule has 2 aliphatic heterocycles. The van der Waals surface area contributed by atoms with Gasteiger partial charge in [-0.15, -0.1) is 0 Å². The van der Waals surface area contributed by atoms with Crippen molar-refractivity contribution >= 4 is 11.7 Å². The Morgan fingerprint density at radius 3 is 3.00 bits per heavy atom. The van der Waals surface area contributed by atoms with Crippen molar-refractivity contribution in [1.82, 2.24) is 15.3 Å². The Balaban J connectivity index is 1.75. The van der Waals surface area contributed by atoms with E-state index in [9.17, 15) is 4.79 Å². The lowest BCUT2D eigenvalue weighted by Gasteiger charge is -2.45. The van der Waals surface area contributed by atoms with Crippen molar-refractivity contribution in [1.29, 1.82) is 0 Å². The van der Waals surface area contributed by atoms with Crippen LogP contribution in [0.15, 0.2) is 12.4 Å². The van der Waals surface area contributed by atoms with Gasteiger partial charge >= 0.3 is 0 Å². The van der Waals surface area contributed by atoms with E-state index < -0.39 is 0 Å². The van der Waals surface area contributed by atoms with Crippen LogP contribution in [-0.4, -0.2) is 54.8 Å². The molecule has 0 unspecified atom stereocenters. The maximum atomic E-state index is 12.6. The summed E-state index contributed by atoms with van der Waals surface area (Å²) >= 11 is 0. The van der Waals surface area contributed by atoms with E-state index in [4.69, 9.17) is 9.47 Å². The Morgan fingerprint density at radius 1 is 1.42 bits per heavy atom. The van der Waals surface area contributed by atoms with E-state index in [1.165, 1.54) is 6.33 Å². The van der Waals surface area contributed by atoms with Gasteiger partial charge in [-0.25, -0.2) is 9.97 Å². The second-order valence-electron chi connectivity index (χ2n) is 6.78. The van der Waals surface area contributed by atoms with Gasteiger partial charge in [-0.3, -0.25) is 4.79 Å². The van der Waals surface area contributed by atoms with Crippen LogP contribution in [0.1, 0.15) is 26.7 Å². The molecule has 0 bridgehead atoms. The van der Waals surface area contributed by atoms with Crippen LogP contribution in [0.3, 0.4) is 0 Å². The molecule has 2 aliphatic rings. The second kappa shape index (κ2) is 7.34. The number of amides is 1. The topological polar surface area (TPSA) is 76.6 Å². The van der Waals surface area contributed by atoms with Gasteiger partial charge in [0.1, 0.15) is 12.1 Å². The molecule has 132 valence electrons. The van der Waals surface area contributed by atoms with Crippen LogP contribution >= 0.6 is 0 Å². The summed E-state index contributed by atoms with van der Waals surface area (Å²) in [6, 6.07) is 2.00. The SMILES string of the molecule is COc1cc(N2CC[C@@H]3OCC[C@H](C(=O)NC(C)C)[C@H]3C2)ncn1. The van der Waals surface area contributed by atoms with Crippen LogP contribution in [0.25, 0.3) is 0 Å². The van der Waals surface area contributed by atoms with Gasteiger partial charge in [-0.2, -0.15) is 0 Å². The summed E-state index contributed by atoms with van der Waals surface area (Å²) in [5.41, 5.74) is 0.